The molecule has 2 aromatic rings. The number of hydrogen-bond donors (Lipinski definition) is 0. The van der Waals surface area contributed by atoms with E-state index in [0.29, 0.717) is 24.6 Å². The van der Waals surface area contributed by atoms with Crippen LogP contribution in [0.25, 0.3) is 0 Å². The predicted molar refractivity (Wildman–Crippen MR) is 106 cm³/mol. The fourth-order valence-electron chi connectivity index (χ4n) is 2.91. The van der Waals surface area contributed by atoms with Crippen molar-refractivity contribution in [3.63, 3.8) is 0 Å². The minimum absolute atomic E-state index is 0.0360. The maximum absolute atomic E-state index is 12.9. The first-order valence-corrected chi connectivity index (χ1v) is 10.6. The number of aromatic nitrogens is 2. The normalized spacial score (nSPS) is 17.7. The molecule has 28 heavy (non-hydrogen) atoms. The van der Waals surface area contributed by atoms with Crippen molar-refractivity contribution in [3.8, 4) is 11.6 Å². The van der Waals surface area contributed by atoms with Crippen LogP contribution >= 0.6 is 0 Å². The highest BCUT2D eigenvalue weighted by Crippen LogP contribution is 2.25. The van der Waals surface area contributed by atoms with Crippen molar-refractivity contribution >= 4 is 15.8 Å². The average molecular weight is 407 g/mol. The number of hydrogen-bond acceptors (Lipinski definition) is 7. The second-order valence-electron chi connectivity index (χ2n) is 7.15. The molecule has 1 aromatic carbocycles. The number of benzene rings is 1. The molecule has 1 unspecified atom stereocenters. The highest BCUT2D eigenvalue weighted by atomic mass is 32.2. The van der Waals surface area contributed by atoms with E-state index in [9.17, 15) is 8.42 Å². The van der Waals surface area contributed by atoms with Gasteiger partial charge in [0.2, 0.25) is 15.9 Å². The van der Waals surface area contributed by atoms with Crippen LogP contribution < -0.4 is 14.4 Å². The lowest BCUT2D eigenvalue weighted by Crippen LogP contribution is -2.31. The Labute approximate surface area is 166 Å². The van der Waals surface area contributed by atoms with Crippen LogP contribution in [0.1, 0.15) is 20.3 Å². The van der Waals surface area contributed by atoms with Crippen LogP contribution in [0, 0.1) is 0 Å². The highest BCUT2D eigenvalue weighted by Gasteiger charge is 2.34. The molecule has 0 saturated carbocycles. The lowest BCUT2D eigenvalue weighted by atomic mass is 10.3. The lowest BCUT2D eigenvalue weighted by Gasteiger charge is -2.18. The third-order valence-corrected chi connectivity index (χ3v) is 6.19. The van der Waals surface area contributed by atoms with Gasteiger partial charge in [-0.05, 0) is 50.6 Å². The number of rotatable bonds is 7. The van der Waals surface area contributed by atoms with Crippen LogP contribution in [0.2, 0.25) is 0 Å². The van der Waals surface area contributed by atoms with Gasteiger partial charge in [0.25, 0.3) is 0 Å². The molecule has 1 fully saturated rings. The molecule has 1 aromatic heterocycles. The predicted octanol–water partition coefficient (Wildman–Crippen LogP) is 2.17. The smallest absolute Gasteiger partial charge is 0.243 e. The summed E-state index contributed by atoms with van der Waals surface area (Å²) in [7, 11) is 0.189. The van der Waals surface area contributed by atoms with E-state index in [2.05, 4.69) is 10.2 Å². The van der Waals surface area contributed by atoms with Gasteiger partial charge in [-0.15, -0.1) is 10.2 Å². The van der Waals surface area contributed by atoms with Gasteiger partial charge in [-0.3, -0.25) is 0 Å². The van der Waals surface area contributed by atoms with Gasteiger partial charge in [-0.1, -0.05) is 0 Å². The molecule has 1 aliphatic heterocycles. The summed E-state index contributed by atoms with van der Waals surface area (Å²) in [5.74, 6) is 1.77. The minimum Gasteiger partial charge on any atom is -0.491 e. The van der Waals surface area contributed by atoms with Gasteiger partial charge in [0.1, 0.15) is 11.9 Å². The molecule has 0 N–H and O–H groups in total. The lowest BCUT2D eigenvalue weighted by molar-refractivity contribution is 0.204. The molecule has 0 aliphatic carbocycles. The molecular weight excluding hydrogens is 380 g/mol. The van der Waals surface area contributed by atoms with E-state index in [1.54, 1.807) is 30.3 Å². The molecule has 0 spiro atoms. The quantitative estimate of drug-likeness (QED) is 0.697. The summed E-state index contributed by atoms with van der Waals surface area (Å²) in [4.78, 5) is 2.09. The Balaban J connectivity index is 1.63. The third-order valence-electron chi connectivity index (χ3n) is 4.31. The highest BCUT2D eigenvalue weighted by molar-refractivity contribution is 7.89. The van der Waals surface area contributed by atoms with Crippen molar-refractivity contribution in [1.82, 2.24) is 14.5 Å². The second-order valence-corrected chi connectivity index (χ2v) is 9.09. The Morgan fingerprint density at radius 1 is 1.11 bits per heavy atom. The van der Waals surface area contributed by atoms with E-state index in [1.807, 2.05) is 38.9 Å². The molecule has 3 rings (SSSR count). The number of anilines is 1. The Hall–Kier alpha value is -2.39. The van der Waals surface area contributed by atoms with Crippen molar-refractivity contribution in [2.75, 3.05) is 32.1 Å². The van der Waals surface area contributed by atoms with Crippen molar-refractivity contribution in [2.24, 2.45) is 0 Å². The average Bonchev–Trinajstić information content (AvgIpc) is 3.11. The molecule has 9 heteroatoms. The fraction of sp³-hybridized carbons (Fsp3) is 0.474. The fourth-order valence-corrected chi connectivity index (χ4v) is 4.40. The summed E-state index contributed by atoms with van der Waals surface area (Å²) in [6.45, 7) is 4.53. The van der Waals surface area contributed by atoms with Crippen molar-refractivity contribution in [1.29, 1.82) is 0 Å². The summed E-state index contributed by atoms with van der Waals surface area (Å²) in [5.41, 5.74) is 0. The van der Waals surface area contributed by atoms with Crippen LogP contribution in [0.4, 0.5) is 5.82 Å². The van der Waals surface area contributed by atoms with E-state index in [-0.39, 0.29) is 23.6 Å². The Bertz CT molecular complexity index is 883. The SMILES string of the molecule is CC(C)Oc1ccc(S(=O)(=O)N2CCC(Oc3ccc(N(C)C)nn3)C2)cc1. The summed E-state index contributed by atoms with van der Waals surface area (Å²) in [6, 6.07) is 10.1. The molecule has 152 valence electrons. The van der Waals surface area contributed by atoms with Crippen molar-refractivity contribution < 1.29 is 17.9 Å². The molecule has 1 atom stereocenters. The Morgan fingerprint density at radius 2 is 1.82 bits per heavy atom. The molecule has 2 heterocycles. The number of sulfonamides is 1. The molecule has 1 aliphatic rings. The van der Waals surface area contributed by atoms with E-state index in [1.165, 1.54) is 4.31 Å². The van der Waals surface area contributed by atoms with Gasteiger partial charge in [-0.2, -0.15) is 4.31 Å². The maximum atomic E-state index is 12.9. The Kier molecular flexibility index (Phi) is 6.04. The van der Waals surface area contributed by atoms with E-state index >= 15 is 0 Å². The van der Waals surface area contributed by atoms with Gasteiger partial charge < -0.3 is 14.4 Å². The Morgan fingerprint density at radius 3 is 2.39 bits per heavy atom. The van der Waals surface area contributed by atoms with Gasteiger partial charge in [0.15, 0.2) is 5.82 Å². The zero-order valence-electron chi connectivity index (χ0n) is 16.6. The minimum atomic E-state index is -3.57. The van der Waals surface area contributed by atoms with E-state index in [4.69, 9.17) is 9.47 Å². The summed E-state index contributed by atoms with van der Waals surface area (Å²) in [6.07, 6.45) is 0.386. The van der Waals surface area contributed by atoms with Gasteiger partial charge in [0.05, 0.1) is 17.5 Å². The molecule has 0 bridgehead atoms. The van der Waals surface area contributed by atoms with Gasteiger partial charge in [-0.25, -0.2) is 8.42 Å². The van der Waals surface area contributed by atoms with Crippen molar-refractivity contribution in [2.45, 2.75) is 37.4 Å². The van der Waals surface area contributed by atoms with E-state index < -0.39 is 10.0 Å². The number of ether oxygens (including phenoxy) is 2. The second kappa shape index (κ2) is 8.32. The summed E-state index contributed by atoms with van der Waals surface area (Å²) < 4.78 is 38.6. The van der Waals surface area contributed by atoms with Crippen LogP contribution in [0.5, 0.6) is 11.6 Å². The van der Waals surface area contributed by atoms with Crippen molar-refractivity contribution in [3.05, 3.63) is 36.4 Å². The first-order valence-electron chi connectivity index (χ1n) is 9.20. The van der Waals surface area contributed by atoms with E-state index in [0.717, 1.165) is 5.82 Å². The molecule has 1 saturated heterocycles. The first kappa shape index (κ1) is 20.3. The third kappa shape index (κ3) is 4.71. The summed E-state index contributed by atoms with van der Waals surface area (Å²) >= 11 is 0. The number of nitrogens with zero attached hydrogens (tertiary/aromatic N) is 4. The zero-order valence-corrected chi connectivity index (χ0v) is 17.4. The molecular formula is C19H26N4O4S. The van der Waals surface area contributed by atoms with Gasteiger partial charge in [0, 0.05) is 26.7 Å². The standard InChI is InChI=1S/C19H26N4O4S/c1-14(2)26-15-5-7-17(8-6-15)28(24,25)23-12-11-16(13-23)27-19-10-9-18(20-21-19)22(3)4/h5-10,14,16H,11-13H2,1-4H3. The largest absolute Gasteiger partial charge is 0.491 e. The molecule has 8 nitrogen and oxygen atoms in total. The zero-order chi connectivity index (χ0) is 20.3. The van der Waals surface area contributed by atoms with Crippen LogP contribution in [-0.4, -0.2) is 62.3 Å². The van der Waals surface area contributed by atoms with Crippen LogP contribution in [0.15, 0.2) is 41.3 Å². The monoisotopic (exact) mass is 406 g/mol. The topological polar surface area (TPSA) is 84.9 Å². The first-order chi connectivity index (χ1) is 13.3. The molecule has 0 radical (unpaired) electrons. The van der Waals surface area contributed by atoms with Gasteiger partial charge >= 0.3 is 0 Å². The van der Waals surface area contributed by atoms with Crippen LogP contribution in [-0.2, 0) is 10.0 Å². The van der Waals surface area contributed by atoms with Crippen LogP contribution in [0.3, 0.4) is 0 Å². The maximum Gasteiger partial charge on any atom is 0.243 e. The summed E-state index contributed by atoms with van der Waals surface area (Å²) in [5, 5.41) is 8.12. The molecule has 0 amide bonds.